The van der Waals surface area contributed by atoms with Crippen LogP contribution in [-0.4, -0.2) is 19.0 Å². The standard InChI is InChI=1S/C21H18FNO3/c1-13-8-10-16(11-9-13)23-14(2)19(21(25)26-3)17(20(23)24)12-15-6-4-5-7-18(15)22/h4-12H,1-3H3/b17-12-. The van der Waals surface area contributed by atoms with Crippen LogP contribution in [-0.2, 0) is 14.3 Å². The lowest BCUT2D eigenvalue weighted by Gasteiger charge is -2.18. The van der Waals surface area contributed by atoms with Crippen LogP contribution in [0.15, 0.2) is 65.4 Å². The van der Waals surface area contributed by atoms with Crippen molar-refractivity contribution in [3.8, 4) is 0 Å². The Labute approximate surface area is 151 Å². The Morgan fingerprint density at radius 1 is 1.08 bits per heavy atom. The van der Waals surface area contributed by atoms with Crippen LogP contribution in [0, 0.1) is 12.7 Å². The van der Waals surface area contributed by atoms with Crippen molar-refractivity contribution in [2.24, 2.45) is 0 Å². The molecule has 0 aliphatic carbocycles. The quantitative estimate of drug-likeness (QED) is 0.620. The molecule has 0 bridgehead atoms. The second kappa shape index (κ2) is 6.96. The van der Waals surface area contributed by atoms with Gasteiger partial charge in [0.15, 0.2) is 0 Å². The predicted octanol–water partition coefficient (Wildman–Crippen LogP) is 4.01. The van der Waals surface area contributed by atoms with Gasteiger partial charge in [0.05, 0.1) is 18.3 Å². The number of aryl methyl sites for hydroxylation is 1. The van der Waals surface area contributed by atoms with Gasteiger partial charge < -0.3 is 4.74 Å². The lowest BCUT2D eigenvalue weighted by Crippen LogP contribution is -2.24. The van der Waals surface area contributed by atoms with Crippen molar-refractivity contribution in [1.29, 1.82) is 0 Å². The molecule has 132 valence electrons. The fourth-order valence-electron chi connectivity index (χ4n) is 2.93. The van der Waals surface area contributed by atoms with E-state index in [9.17, 15) is 14.0 Å². The maximum Gasteiger partial charge on any atom is 0.340 e. The van der Waals surface area contributed by atoms with Gasteiger partial charge in [-0.05, 0) is 38.1 Å². The average Bonchev–Trinajstić information content (AvgIpc) is 2.87. The van der Waals surface area contributed by atoms with Crippen molar-refractivity contribution in [2.75, 3.05) is 12.0 Å². The maximum atomic E-state index is 14.0. The van der Waals surface area contributed by atoms with Gasteiger partial charge >= 0.3 is 5.97 Å². The molecule has 0 spiro atoms. The first-order valence-corrected chi connectivity index (χ1v) is 8.11. The van der Waals surface area contributed by atoms with E-state index in [0.29, 0.717) is 11.4 Å². The van der Waals surface area contributed by atoms with Gasteiger partial charge in [-0.2, -0.15) is 0 Å². The van der Waals surface area contributed by atoms with Gasteiger partial charge in [-0.3, -0.25) is 9.69 Å². The highest BCUT2D eigenvalue weighted by Crippen LogP contribution is 2.35. The number of methoxy groups -OCH3 is 1. The molecule has 3 rings (SSSR count). The number of carbonyl (C=O) groups is 2. The monoisotopic (exact) mass is 351 g/mol. The van der Waals surface area contributed by atoms with E-state index < -0.39 is 17.7 Å². The second-order valence-electron chi connectivity index (χ2n) is 6.01. The number of ether oxygens (including phenoxy) is 1. The Hall–Kier alpha value is -3.21. The predicted molar refractivity (Wildman–Crippen MR) is 97.8 cm³/mol. The zero-order chi connectivity index (χ0) is 18.8. The first kappa shape index (κ1) is 17.6. The first-order chi connectivity index (χ1) is 12.4. The molecule has 0 atom stereocenters. The SMILES string of the molecule is COC(=O)C1=C(C)N(c2ccc(C)cc2)C(=O)/C1=C\c1ccccc1F. The molecule has 1 aliphatic rings. The van der Waals surface area contributed by atoms with Crippen molar-refractivity contribution in [1.82, 2.24) is 0 Å². The fourth-order valence-corrected chi connectivity index (χ4v) is 2.93. The zero-order valence-electron chi connectivity index (χ0n) is 14.7. The molecule has 0 radical (unpaired) electrons. The van der Waals surface area contributed by atoms with Crippen LogP contribution in [0.1, 0.15) is 18.1 Å². The average molecular weight is 351 g/mol. The van der Waals surface area contributed by atoms with Crippen molar-refractivity contribution in [3.05, 3.63) is 82.3 Å². The molecular formula is C21H18FNO3. The number of hydrogen-bond acceptors (Lipinski definition) is 3. The number of allylic oxidation sites excluding steroid dienone is 1. The van der Waals surface area contributed by atoms with Crippen LogP contribution in [0.2, 0.25) is 0 Å². The Bertz CT molecular complexity index is 942. The summed E-state index contributed by atoms with van der Waals surface area (Å²) in [6.45, 7) is 3.62. The molecule has 0 N–H and O–H groups in total. The van der Waals surface area contributed by atoms with Crippen LogP contribution in [0.25, 0.3) is 6.08 Å². The number of halogens is 1. The molecule has 26 heavy (non-hydrogen) atoms. The van der Waals surface area contributed by atoms with E-state index in [0.717, 1.165) is 5.56 Å². The summed E-state index contributed by atoms with van der Waals surface area (Å²) < 4.78 is 18.9. The van der Waals surface area contributed by atoms with Gasteiger partial charge in [-0.15, -0.1) is 0 Å². The maximum absolute atomic E-state index is 14.0. The summed E-state index contributed by atoms with van der Waals surface area (Å²) in [5, 5.41) is 0. The number of carbonyl (C=O) groups excluding carboxylic acids is 2. The molecule has 0 saturated carbocycles. The summed E-state index contributed by atoms with van der Waals surface area (Å²) in [5.41, 5.74) is 2.62. The molecule has 1 amide bonds. The van der Waals surface area contributed by atoms with E-state index in [2.05, 4.69) is 0 Å². The minimum atomic E-state index is -0.631. The van der Waals surface area contributed by atoms with Crippen molar-refractivity contribution < 1.29 is 18.7 Å². The van der Waals surface area contributed by atoms with Crippen LogP contribution in [0.3, 0.4) is 0 Å². The third-order valence-corrected chi connectivity index (χ3v) is 4.29. The van der Waals surface area contributed by atoms with Crippen LogP contribution >= 0.6 is 0 Å². The molecule has 0 aromatic heterocycles. The molecule has 1 aliphatic heterocycles. The van der Waals surface area contributed by atoms with Crippen molar-refractivity contribution >= 4 is 23.6 Å². The van der Waals surface area contributed by atoms with Gasteiger partial charge in [0.2, 0.25) is 0 Å². The number of hydrogen-bond donors (Lipinski definition) is 0. The molecule has 1 heterocycles. The third kappa shape index (κ3) is 3.04. The highest BCUT2D eigenvalue weighted by atomic mass is 19.1. The number of benzene rings is 2. The zero-order valence-corrected chi connectivity index (χ0v) is 14.7. The molecule has 0 saturated heterocycles. The van der Waals surface area contributed by atoms with E-state index in [1.807, 2.05) is 19.1 Å². The Morgan fingerprint density at radius 3 is 2.35 bits per heavy atom. The minimum absolute atomic E-state index is 0.111. The minimum Gasteiger partial charge on any atom is -0.465 e. The van der Waals surface area contributed by atoms with E-state index in [1.54, 1.807) is 37.3 Å². The molecular weight excluding hydrogens is 333 g/mol. The van der Waals surface area contributed by atoms with Crippen LogP contribution in [0.4, 0.5) is 10.1 Å². The van der Waals surface area contributed by atoms with E-state index >= 15 is 0 Å². The third-order valence-electron chi connectivity index (χ3n) is 4.29. The molecule has 0 fully saturated rings. The van der Waals surface area contributed by atoms with Crippen LogP contribution in [0.5, 0.6) is 0 Å². The van der Waals surface area contributed by atoms with Crippen molar-refractivity contribution in [3.63, 3.8) is 0 Å². The normalized spacial score (nSPS) is 15.8. The largest absolute Gasteiger partial charge is 0.465 e. The van der Waals surface area contributed by atoms with Crippen LogP contribution < -0.4 is 4.90 Å². The Balaban J connectivity index is 2.15. The number of nitrogens with zero attached hydrogens (tertiary/aromatic N) is 1. The van der Waals surface area contributed by atoms with E-state index in [-0.39, 0.29) is 16.7 Å². The van der Waals surface area contributed by atoms with Gasteiger partial charge in [-0.25, -0.2) is 9.18 Å². The topological polar surface area (TPSA) is 46.6 Å². The van der Waals surface area contributed by atoms with Gasteiger partial charge in [0.25, 0.3) is 5.91 Å². The lowest BCUT2D eigenvalue weighted by molar-refractivity contribution is -0.136. The summed E-state index contributed by atoms with van der Waals surface area (Å²) in [5.74, 6) is -1.49. The lowest BCUT2D eigenvalue weighted by atomic mass is 10.0. The summed E-state index contributed by atoms with van der Waals surface area (Å²) in [6, 6.07) is 13.5. The number of esters is 1. The number of rotatable bonds is 3. The van der Waals surface area contributed by atoms with E-state index in [4.69, 9.17) is 4.74 Å². The van der Waals surface area contributed by atoms with E-state index in [1.165, 1.54) is 24.2 Å². The molecule has 0 unspecified atom stereocenters. The summed E-state index contributed by atoms with van der Waals surface area (Å²) in [7, 11) is 1.25. The Kier molecular flexibility index (Phi) is 4.71. The summed E-state index contributed by atoms with van der Waals surface area (Å²) >= 11 is 0. The summed E-state index contributed by atoms with van der Waals surface area (Å²) in [4.78, 5) is 26.8. The smallest absolute Gasteiger partial charge is 0.340 e. The molecule has 4 nitrogen and oxygen atoms in total. The van der Waals surface area contributed by atoms with Gasteiger partial charge in [-0.1, -0.05) is 35.9 Å². The number of anilines is 1. The Morgan fingerprint density at radius 2 is 1.73 bits per heavy atom. The highest BCUT2D eigenvalue weighted by Gasteiger charge is 2.37. The fraction of sp³-hybridized carbons (Fsp3) is 0.143. The molecule has 2 aromatic carbocycles. The van der Waals surface area contributed by atoms with Gasteiger partial charge in [0, 0.05) is 16.9 Å². The summed E-state index contributed by atoms with van der Waals surface area (Å²) in [6.07, 6.45) is 1.39. The highest BCUT2D eigenvalue weighted by molar-refractivity contribution is 6.23. The first-order valence-electron chi connectivity index (χ1n) is 8.11. The number of amides is 1. The molecule has 2 aromatic rings. The van der Waals surface area contributed by atoms with Gasteiger partial charge in [0.1, 0.15) is 5.82 Å². The van der Waals surface area contributed by atoms with Crippen molar-refractivity contribution in [2.45, 2.75) is 13.8 Å². The second-order valence-corrected chi connectivity index (χ2v) is 6.01. The molecule has 5 heteroatoms.